The summed E-state index contributed by atoms with van der Waals surface area (Å²) in [7, 11) is 0. The molecular weight excluding hydrogens is 330 g/mol. The molecule has 2 heterocycles. The van der Waals surface area contributed by atoms with Crippen LogP contribution in [0.3, 0.4) is 0 Å². The van der Waals surface area contributed by atoms with Crippen molar-refractivity contribution in [3.63, 3.8) is 0 Å². The first-order valence-electron chi connectivity index (χ1n) is 9.80. The third kappa shape index (κ3) is 3.90. The third-order valence-electron chi connectivity index (χ3n) is 6.14. The number of hydrogen-bond donors (Lipinski definition) is 2. The Morgan fingerprint density at radius 3 is 2.62 bits per heavy atom. The highest BCUT2D eigenvalue weighted by Gasteiger charge is 2.42. The Hall–Kier alpha value is -1.95. The molecule has 2 N–H and O–H groups in total. The highest BCUT2D eigenvalue weighted by atomic mass is 16.5. The summed E-state index contributed by atoms with van der Waals surface area (Å²) in [5, 5.41) is 5.71. The smallest absolute Gasteiger partial charge is 0.228 e. The molecule has 1 aliphatic heterocycles. The molecule has 0 bridgehead atoms. The zero-order chi connectivity index (χ0) is 18.0. The quantitative estimate of drug-likeness (QED) is 0.845. The van der Waals surface area contributed by atoms with Crippen molar-refractivity contribution in [2.75, 3.05) is 17.2 Å². The zero-order valence-electron chi connectivity index (χ0n) is 15.1. The highest BCUT2D eigenvalue weighted by Crippen LogP contribution is 2.47. The van der Waals surface area contributed by atoms with Crippen molar-refractivity contribution in [1.29, 1.82) is 0 Å². The van der Waals surface area contributed by atoms with Crippen LogP contribution in [0.4, 0.5) is 11.5 Å². The number of pyridine rings is 1. The summed E-state index contributed by atoms with van der Waals surface area (Å²) < 4.78 is 5.87. The SMILES string of the molecule is O=C(CC1CC2(CCCC2)CO1)Nc1ccc(NC(=O)C2CCC2)cn1. The van der Waals surface area contributed by atoms with Gasteiger partial charge >= 0.3 is 0 Å². The maximum atomic E-state index is 12.3. The fourth-order valence-corrected chi connectivity index (χ4v) is 4.36. The number of rotatable bonds is 5. The van der Waals surface area contributed by atoms with Gasteiger partial charge in [-0.05, 0) is 49.7 Å². The molecular formula is C20H27N3O3. The highest BCUT2D eigenvalue weighted by molar-refractivity contribution is 5.93. The van der Waals surface area contributed by atoms with E-state index >= 15 is 0 Å². The van der Waals surface area contributed by atoms with E-state index in [9.17, 15) is 9.59 Å². The van der Waals surface area contributed by atoms with Crippen LogP contribution in [0.5, 0.6) is 0 Å². The first-order chi connectivity index (χ1) is 12.6. The van der Waals surface area contributed by atoms with Crippen molar-refractivity contribution in [3.8, 4) is 0 Å². The number of aromatic nitrogens is 1. The van der Waals surface area contributed by atoms with Crippen LogP contribution in [0.2, 0.25) is 0 Å². The summed E-state index contributed by atoms with van der Waals surface area (Å²) in [6.07, 6.45) is 11.1. The fourth-order valence-electron chi connectivity index (χ4n) is 4.36. The maximum Gasteiger partial charge on any atom is 0.228 e. The van der Waals surface area contributed by atoms with Gasteiger partial charge < -0.3 is 15.4 Å². The molecule has 3 fully saturated rings. The second-order valence-corrected chi connectivity index (χ2v) is 8.15. The molecule has 4 rings (SSSR count). The van der Waals surface area contributed by atoms with Crippen LogP contribution in [0.15, 0.2) is 18.3 Å². The standard InChI is InChI=1S/C20H27N3O3/c24-18(10-16-11-20(13-26-16)8-1-2-9-20)23-17-7-6-15(12-21-17)22-19(25)14-4-3-5-14/h6-7,12,14,16H,1-5,8-11,13H2,(H,22,25)(H,21,23,24). The Morgan fingerprint density at radius 2 is 1.96 bits per heavy atom. The zero-order valence-corrected chi connectivity index (χ0v) is 15.1. The molecule has 1 spiro atoms. The van der Waals surface area contributed by atoms with Crippen LogP contribution < -0.4 is 10.6 Å². The Labute approximate surface area is 154 Å². The molecule has 1 aromatic rings. The van der Waals surface area contributed by atoms with E-state index in [0.29, 0.717) is 23.3 Å². The number of amides is 2. The maximum absolute atomic E-state index is 12.3. The minimum Gasteiger partial charge on any atom is -0.377 e. The van der Waals surface area contributed by atoms with E-state index < -0.39 is 0 Å². The molecule has 1 atom stereocenters. The van der Waals surface area contributed by atoms with E-state index in [2.05, 4.69) is 15.6 Å². The number of nitrogens with zero attached hydrogens (tertiary/aromatic N) is 1. The molecule has 0 radical (unpaired) electrons. The van der Waals surface area contributed by atoms with E-state index in [1.165, 1.54) is 25.7 Å². The first kappa shape index (κ1) is 17.5. The third-order valence-corrected chi connectivity index (χ3v) is 6.14. The summed E-state index contributed by atoms with van der Waals surface area (Å²) in [5.41, 5.74) is 1.01. The van der Waals surface area contributed by atoms with Gasteiger partial charge in [-0.25, -0.2) is 4.98 Å². The van der Waals surface area contributed by atoms with Crippen LogP contribution in [0.25, 0.3) is 0 Å². The lowest BCUT2D eigenvalue weighted by molar-refractivity contribution is -0.122. The van der Waals surface area contributed by atoms with Crippen LogP contribution in [0, 0.1) is 11.3 Å². The van der Waals surface area contributed by atoms with Gasteiger partial charge in [0.1, 0.15) is 5.82 Å². The lowest BCUT2D eigenvalue weighted by atomic mass is 9.83. The lowest BCUT2D eigenvalue weighted by Crippen LogP contribution is -2.28. The van der Waals surface area contributed by atoms with Crippen LogP contribution >= 0.6 is 0 Å². The molecule has 2 amide bonds. The molecule has 1 saturated heterocycles. The molecule has 3 aliphatic rings. The lowest BCUT2D eigenvalue weighted by Gasteiger charge is -2.23. The summed E-state index contributed by atoms with van der Waals surface area (Å²) in [6.45, 7) is 0.804. The fraction of sp³-hybridized carbons (Fsp3) is 0.650. The molecule has 2 saturated carbocycles. The van der Waals surface area contributed by atoms with E-state index in [1.807, 2.05) is 0 Å². The van der Waals surface area contributed by atoms with Crippen LogP contribution in [-0.4, -0.2) is 29.5 Å². The van der Waals surface area contributed by atoms with Crippen molar-refractivity contribution in [2.24, 2.45) is 11.3 Å². The molecule has 0 aromatic carbocycles. The number of hydrogen-bond acceptors (Lipinski definition) is 4. The minimum absolute atomic E-state index is 0.0224. The van der Waals surface area contributed by atoms with Gasteiger partial charge in [0, 0.05) is 5.92 Å². The Morgan fingerprint density at radius 1 is 1.15 bits per heavy atom. The molecule has 6 nitrogen and oxygen atoms in total. The molecule has 1 aromatic heterocycles. The summed E-state index contributed by atoms with van der Waals surface area (Å²) in [4.78, 5) is 28.4. The van der Waals surface area contributed by atoms with Gasteiger partial charge in [-0.1, -0.05) is 19.3 Å². The number of carbonyl (C=O) groups is 2. The van der Waals surface area contributed by atoms with Crippen molar-refractivity contribution in [3.05, 3.63) is 18.3 Å². The van der Waals surface area contributed by atoms with Crippen LogP contribution in [-0.2, 0) is 14.3 Å². The average molecular weight is 357 g/mol. The van der Waals surface area contributed by atoms with Gasteiger partial charge in [0.05, 0.1) is 31.0 Å². The van der Waals surface area contributed by atoms with Crippen molar-refractivity contribution < 1.29 is 14.3 Å². The van der Waals surface area contributed by atoms with E-state index in [0.717, 1.165) is 32.3 Å². The van der Waals surface area contributed by atoms with Gasteiger partial charge in [-0.2, -0.15) is 0 Å². The normalized spacial score (nSPS) is 24.4. The molecule has 140 valence electrons. The molecule has 1 unspecified atom stereocenters. The van der Waals surface area contributed by atoms with E-state index in [4.69, 9.17) is 4.74 Å². The van der Waals surface area contributed by atoms with Gasteiger partial charge in [-0.15, -0.1) is 0 Å². The predicted octanol–water partition coefficient (Wildman–Crippen LogP) is 3.50. The summed E-state index contributed by atoms with van der Waals surface area (Å²) >= 11 is 0. The predicted molar refractivity (Wildman–Crippen MR) is 98.7 cm³/mol. The van der Waals surface area contributed by atoms with Crippen molar-refractivity contribution in [1.82, 2.24) is 4.98 Å². The Kier molecular flexibility index (Phi) is 4.94. The van der Waals surface area contributed by atoms with Gasteiger partial charge in [0.15, 0.2) is 0 Å². The Bertz CT molecular complexity index is 663. The molecule has 26 heavy (non-hydrogen) atoms. The van der Waals surface area contributed by atoms with Gasteiger partial charge in [-0.3, -0.25) is 9.59 Å². The van der Waals surface area contributed by atoms with Crippen molar-refractivity contribution >= 4 is 23.3 Å². The second kappa shape index (κ2) is 7.35. The number of anilines is 2. The van der Waals surface area contributed by atoms with Crippen LogP contribution in [0.1, 0.15) is 57.8 Å². The monoisotopic (exact) mass is 357 g/mol. The van der Waals surface area contributed by atoms with E-state index in [1.54, 1.807) is 18.3 Å². The Balaban J connectivity index is 1.24. The minimum atomic E-state index is -0.0659. The summed E-state index contributed by atoms with van der Waals surface area (Å²) in [5.74, 6) is 0.645. The largest absolute Gasteiger partial charge is 0.377 e. The first-order valence-corrected chi connectivity index (χ1v) is 9.80. The van der Waals surface area contributed by atoms with E-state index in [-0.39, 0.29) is 23.8 Å². The molecule has 6 heteroatoms. The molecule has 2 aliphatic carbocycles. The van der Waals surface area contributed by atoms with Crippen molar-refractivity contribution in [2.45, 2.75) is 63.9 Å². The number of nitrogens with one attached hydrogen (secondary N) is 2. The number of carbonyl (C=O) groups excluding carboxylic acids is 2. The van der Waals surface area contributed by atoms with Gasteiger partial charge in [0.25, 0.3) is 0 Å². The second-order valence-electron chi connectivity index (χ2n) is 8.15. The average Bonchev–Trinajstić information content (AvgIpc) is 3.17. The topological polar surface area (TPSA) is 80.3 Å². The summed E-state index contributed by atoms with van der Waals surface area (Å²) in [6, 6.07) is 3.50. The van der Waals surface area contributed by atoms with Gasteiger partial charge in [0.2, 0.25) is 11.8 Å². The number of ether oxygens (including phenoxy) is 1.